The van der Waals surface area contributed by atoms with E-state index in [1.54, 1.807) is 18.6 Å². The van der Waals surface area contributed by atoms with Gasteiger partial charge in [0.25, 0.3) is 5.91 Å². The summed E-state index contributed by atoms with van der Waals surface area (Å²) in [5.74, 6) is 0.0169. The van der Waals surface area contributed by atoms with Gasteiger partial charge >= 0.3 is 0 Å². The molecule has 0 radical (unpaired) electrons. The van der Waals surface area contributed by atoms with E-state index in [2.05, 4.69) is 48.9 Å². The molecular formula is C20H22N4O. The van der Waals surface area contributed by atoms with E-state index in [1.807, 2.05) is 16.5 Å². The highest BCUT2D eigenvalue weighted by atomic mass is 16.2. The standard InChI is InChI=1S/C20H22N4O/c1-13-6-5-7-14-11-24(20(2,3)10-16(13)14)19(25)15-8-9-21-18-17(15)22-12-23(18)4/h5-9,12H,10-11H2,1-4H3. The predicted molar refractivity (Wildman–Crippen MR) is 97.3 cm³/mol. The van der Waals surface area contributed by atoms with Crippen LogP contribution in [0.25, 0.3) is 11.2 Å². The number of aryl methyl sites for hydroxylation is 2. The minimum absolute atomic E-state index is 0.0169. The molecule has 1 aliphatic rings. The molecule has 0 N–H and O–H groups in total. The topological polar surface area (TPSA) is 51.0 Å². The zero-order valence-electron chi connectivity index (χ0n) is 15.1. The van der Waals surface area contributed by atoms with Crippen LogP contribution in [0.4, 0.5) is 0 Å². The number of fused-ring (bicyclic) bond motifs is 2. The highest BCUT2D eigenvalue weighted by Crippen LogP contribution is 2.34. The number of carbonyl (C=O) groups is 1. The number of rotatable bonds is 1. The number of carbonyl (C=O) groups excluding carboxylic acids is 1. The molecule has 0 saturated heterocycles. The quantitative estimate of drug-likeness (QED) is 0.686. The third kappa shape index (κ3) is 2.42. The van der Waals surface area contributed by atoms with Crippen LogP contribution in [0.15, 0.2) is 36.8 Å². The highest BCUT2D eigenvalue weighted by Gasteiger charge is 2.37. The van der Waals surface area contributed by atoms with E-state index < -0.39 is 0 Å². The van der Waals surface area contributed by atoms with Crippen LogP contribution in [0.2, 0.25) is 0 Å². The normalized spacial score (nSPS) is 16.1. The van der Waals surface area contributed by atoms with Gasteiger partial charge in [0.2, 0.25) is 0 Å². The van der Waals surface area contributed by atoms with Gasteiger partial charge in [0, 0.05) is 25.3 Å². The van der Waals surface area contributed by atoms with Crippen molar-refractivity contribution in [1.29, 1.82) is 0 Å². The second kappa shape index (κ2) is 5.41. The van der Waals surface area contributed by atoms with Crippen molar-refractivity contribution in [2.24, 2.45) is 7.05 Å². The molecule has 3 aromatic rings. The van der Waals surface area contributed by atoms with Gasteiger partial charge in [-0.05, 0) is 49.9 Å². The van der Waals surface area contributed by atoms with Crippen LogP contribution in [0.5, 0.6) is 0 Å². The van der Waals surface area contributed by atoms with E-state index in [9.17, 15) is 4.79 Å². The van der Waals surface area contributed by atoms with E-state index >= 15 is 0 Å². The molecule has 25 heavy (non-hydrogen) atoms. The van der Waals surface area contributed by atoms with Gasteiger partial charge in [-0.15, -0.1) is 0 Å². The fraction of sp³-hybridized carbons (Fsp3) is 0.350. The van der Waals surface area contributed by atoms with Crippen molar-refractivity contribution in [3.8, 4) is 0 Å². The number of hydrogen-bond donors (Lipinski definition) is 0. The van der Waals surface area contributed by atoms with E-state index in [-0.39, 0.29) is 11.4 Å². The van der Waals surface area contributed by atoms with Crippen molar-refractivity contribution in [3.05, 3.63) is 59.0 Å². The SMILES string of the molecule is Cc1cccc2c1CC(C)(C)N(C(=O)c1ccnc3c1ncn3C)C2. The number of benzene rings is 1. The Hall–Kier alpha value is -2.69. The molecule has 1 amide bonds. The average Bonchev–Trinajstić information content (AvgIpc) is 2.96. The first-order chi connectivity index (χ1) is 11.9. The Morgan fingerprint density at radius 2 is 2.00 bits per heavy atom. The summed E-state index contributed by atoms with van der Waals surface area (Å²) in [6.45, 7) is 7.04. The number of hydrogen-bond acceptors (Lipinski definition) is 3. The predicted octanol–water partition coefficient (Wildman–Crippen LogP) is 3.25. The zero-order valence-corrected chi connectivity index (χ0v) is 15.1. The summed E-state index contributed by atoms with van der Waals surface area (Å²) in [7, 11) is 1.89. The van der Waals surface area contributed by atoms with Crippen LogP contribution >= 0.6 is 0 Å². The molecule has 0 bridgehead atoms. The highest BCUT2D eigenvalue weighted by molar-refractivity contribution is 6.04. The van der Waals surface area contributed by atoms with Crippen molar-refractivity contribution >= 4 is 17.1 Å². The van der Waals surface area contributed by atoms with Crippen molar-refractivity contribution in [2.45, 2.75) is 39.3 Å². The largest absolute Gasteiger partial charge is 0.329 e. The molecule has 1 aliphatic heterocycles. The minimum Gasteiger partial charge on any atom is -0.329 e. The molecule has 0 saturated carbocycles. The zero-order chi connectivity index (χ0) is 17.8. The Kier molecular flexibility index (Phi) is 3.42. The lowest BCUT2D eigenvalue weighted by Gasteiger charge is -2.44. The van der Waals surface area contributed by atoms with Gasteiger partial charge in [0.15, 0.2) is 5.65 Å². The molecule has 128 valence electrons. The van der Waals surface area contributed by atoms with Crippen molar-refractivity contribution < 1.29 is 4.79 Å². The summed E-state index contributed by atoms with van der Waals surface area (Å²) in [5, 5.41) is 0. The van der Waals surface area contributed by atoms with Crippen LogP contribution in [-0.4, -0.2) is 30.9 Å². The number of aromatic nitrogens is 3. The molecule has 5 nitrogen and oxygen atoms in total. The first-order valence-electron chi connectivity index (χ1n) is 8.54. The third-order valence-electron chi connectivity index (χ3n) is 5.25. The maximum atomic E-state index is 13.4. The van der Waals surface area contributed by atoms with Crippen LogP contribution in [0.3, 0.4) is 0 Å². The summed E-state index contributed by atoms with van der Waals surface area (Å²) in [6, 6.07) is 8.12. The van der Waals surface area contributed by atoms with Crippen molar-refractivity contribution in [3.63, 3.8) is 0 Å². The maximum absolute atomic E-state index is 13.4. The molecule has 1 aromatic carbocycles. The Morgan fingerprint density at radius 1 is 1.20 bits per heavy atom. The lowest BCUT2D eigenvalue weighted by Crippen LogP contribution is -2.51. The fourth-order valence-electron chi connectivity index (χ4n) is 3.77. The second-order valence-electron chi connectivity index (χ2n) is 7.48. The Morgan fingerprint density at radius 3 is 2.80 bits per heavy atom. The van der Waals surface area contributed by atoms with Gasteiger partial charge in [0.1, 0.15) is 5.52 Å². The number of pyridine rings is 1. The van der Waals surface area contributed by atoms with Gasteiger partial charge in [-0.2, -0.15) is 0 Å². The molecule has 3 heterocycles. The molecule has 0 atom stereocenters. The van der Waals surface area contributed by atoms with Crippen LogP contribution < -0.4 is 0 Å². The van der Waals surface area contributed by atoms with Crippen molar-refractivity contribution in [1.82, 2.24) is 19.4 Å². The molecule has 0 fully saturated rings. The Balaban J connectivity index is 1.79. The Labute approximate surface area is 147 Å². The number of amides is 1. The molecule has 0 spiro atoms. The third-order valence-corrected chi connectivity index (χ3v) is 5.25. The Bertz CT molecular complexity index is 987. The monoisotopic (exact) mass is 334 g/mol. The lowest BCUT2D eigenvalue weighted by molar-refractivity contribution is 0.0490. The average molecular weight is 334 g/mol. The van der Waals surface area contributed by atoms with Crippen LogP contribution in [0, 0.1) is 6.92 Å². The summed E-state index contributed by atoms with van der Waals surface area (Å²) in [4.78, 5) is 24.1. The number of nitrogens with zero attached hydrogens (tertiary/aromatic N) is 4. The molecule has 4 rings (SSSR count). The molecule has 2 aromatic heterocycles. The number of imidazole rings is 1. The van der Waals surface area contributed by atoms with E-state index in [4.69, 9.17) is 0 Å². The van der Waals surface area contributed by atoms with Gasteiger partial charge in [0.05, 0.1) is 11.9 Å². The van der Waals surface area contributed by atoms with Gasteiger partial charge in [-0.3, -0.25) is 4.79 Å². The minimum atomic E-state index is -0.249. The first kappa shape index (κ1) is 15.8. The smallest absolute Gasteiger partial charge is 0.257 e. The van der Waals surface area contributed by atoms with Gasteiger partial charge in [-0.1, -0.05) is 18.2 Å². The van der Waals surface area contributed by atoms with Crippen LogP contribution in [-0.2, 0) is 20.0 Å². The van der Waals surface area contributed by atoms with Crippen LogP contribution in [0.1, 0.15) is 40.9 Å². The lowest BCUT2D eigenvalue weighted by atomic mass is 9.83. The van der Waals surface area contributed by atoms with Crippen molar-refractivity contribution in [2.75, 3.05) is 0 Å². The summed E-state index contributed by atoms with van der Waals surface area (Å²) >= 11 is 0. The summed E-state index contributed by atoms with van der Waals surface area (Å²) in [6.07, 6.45) is 4.25. The summed E-state index contributed by atoms with van der Waals surface area (Å²) in [5.41, 5.74) is 5.68. The molecular weight excluding hydrogens is 312 g/mol. The molecule has 0 unspecified atom stereocenters. The van der Waals surface area contributed by atoms with Gasteiger partial charge < -0.3 is 9.47 Å². The second-order valence-corrected chi connectivity index (χ2v) is 7.48. The van der Waals surface area contributed by atoms with E-state index in [0.717, 1.165) is 12.1 Å². The van der Waals surface area contributed by atoms with Gasteiger partial charge in [-0.25, -0.2) is 9.97 Å². The van der Waals surface area contributed by atoms with E-state index in [1.165, 1.54) is 16.7 Å². The molecule has 5 heteroatoms. The first-order valence-corrected chi connectivity index (χ1v) is 8.54. The maximum Gasteiger partial charge on any atom is 0.257 e. The molecule has 0 aliphatic carbocycles. The summed E-state index contributed by atoms with van der Waals surface area (Å²) < 4.78 is 1.84. The van der Waals surface area contributed by atoms with E-state index in [0.29, 0.717) is 17.6 Å². The fourth-order valence-corrected chi connectivity index (χ4v) is 3.77.